The maximum Gasteiger partial charge on any atom is 0.339 e. The lowest BCUT2D eigenvalue weighted by atomic mass is 9.92. The summed E-state index contributed by atoms with van der Waals surface area (Å²) in [5.41, 5.74) is 9.98. The zero-order valence-electron chi connectivity index (χ0n) is 16.5. The van der Waals surface area contributed by atoms with Crippen LogP contribution in [0.4, 0.5) is 5.69 Å². The molecule has 6 nitrogen and oxygen atoms in total. The van der Waals surface area contributed by atoms with Crippen LogP contribution in [-0.4, -0.2) is 23.5 Å². The Hall–Kier alpha value is -3.95. The monoisotopic (exact) mass is 399 g/mol. The molecule has 3 aromatic rings. The van der Waals surface area contributed by atoms with Crippen LogP contribution in [0.3, 0.4) is 0 Å². The van der Waals surface area contributed by atoms with Gasteiger partial charge in [0.25, 0.3) is 5.91 Å². The van der Waals surface area contributed by atoms with Crippen molar-refractivity contribution >= 4 is 17.6 Å². The number of nitrogens with zero attached hydrogens (tertiary/aromatic N) is 1. The van der Waals surface area contributed by atoms with Gasteiger partial charge in [0, 0.05) is 29.7 Å². The number of esters is 1. The zero-order chi connectivity index (χ0) is 21.5. The van der Waals surface area contributed by atoms with Crippen LogP contribution in [0.1, 0.15) is 39.2 Å². The fourth-order valence-electron chi connectivity index (χ4n) is 2.99. The molecule has 30 heavy (non-hydrogen) atoms. The van der Waals surface area contributed by atoms with Crippen LogP contribution in [0.5, 0.6) is 0 Å². The van der Waals surface area contributed by atoms with Crippen molar-refractivity contribution in [2.75, 3.05) is 11.9 Å². The van der Waals surface area contributed by atoms with Crippen molar-refractivity contribution in [1.29, 1.82) is 0 Å². The number of nitrogens with one attached hydrogen (secondary N) is 1. The summed E-state index contributed by atoms with van der Waals surface area (Å²) >= 11 is 0. The van der Waals surface area contributed by atoms with E-state index in [1.807, 2.05) is 19.1 Å². The van der Waals surface area contributed by atoms with Crippen molar-refractivity contribution in [3.63, 3.8) is 0 Å². The topological polar surface area (TPSA) is 94.3 Å². The van der Waals surface area contributed by atoms with Crippen molar-refractivity contribution in [3.05, 3.63) is 83.7 Å². The van der Waals surface area contributed by atoms with Crippen molar-refractivity contribution < 1.29 is 14.3 Å². The van der Waals surface area contributed by atoms with Crippen LogP contribution in [-0.2, 0) is 4.74 Å². The third-order valence-electron chi connectivity index (χ3n) is 4.44. The largest absolute Gasteiger partial charge is 0.449 e. The lowest BCUT2D eigenvalue weighted by Crippen LogP contribution is -2.13. The lowest BCUT2D eigenvalue weighted by molar-refractivity contribution is 0.0556. The Morgan fingerprint density at radius 1 is 1.13 bits per heavy atom. The fraction of sp³-hybridized carbons (Fsp3) is 0.125. The van der Waals surface area contributed by atoms with Gasteiger partial charge in [-0.1, -0.05) is 24.1 Å². The van der Waals surface area contributed by atoms with Crippen LogP contribution >= 0.6 is 0 Å². The first-order valence-corrected chi connectivity index (χ1v) is 9.31. The molecule has 2 aromatic carbocycles. The summed E-state index contributed by atoms with van der Waals surface area (Å²) in [5.74, 6) is 1.50. The molecule has 1 atom stereocenters. The number of rotatable bonds is 6. The number of benzene rings is 2. The minimum Gasteiger partial charge on any atom is -0.449 e. The van der Waals surface area contributed by atoms with Gasteiger partial charge in [0.05, 0.1) is 5.56 Å². The predicted molar refractivity (Wildman–Crippen MR) is 116 cm³/mol. The van der Waals surface area contributed by atoms with Crippen molar-refractivity contribution in [2.24, 2.45) is 5.73 Å². The van der Waals surface area contributed by atoms with E-state index in [0.29, 0.717) is 16.8 Å². The van der Waals surface area contributed by atoms with E-state index in [4.69, 9.17) is 16.9 Å². The van der Waals surface area contributed by atoms with Crippen LogP contribution < -0.4 is 11.1 Å². The number of hydrogen-bond donors (Lipinski definition) is 2. The first-order chi connectivity index (χ1) is 14.5. The average Bonchev–Trinajstić information content (AvgIpc) is 2.77. The lowest BCUT2D eigenvalue weighted by Gasteiger charge is -2.16. The van der Waals surface area contributed by atoms with Crippen LogP contribution in [0.15, 0.2) is 67.0 Å². The molecule has 6 heteroatoms. The highest BCUT2D eigenvalue weighted by molar-refractivity contribution is 6.05. The van der Waals surface area contributed by atoms with Gasteiger partial charge < -0.3 is 15.8 Å². The highest BCUT2D eigenvalue weighted by Gasteiger charge is 2.15. The van der Waals surface area contributed by atoms with Gasteiger partial charge in [-0.05, 0) is 60.0 Å². The Kier molecular flexibility index (Phi) is 6.58. The third kappa shape index (κ3) is 4.90. The maximum atomic E-state index is 12.7. The Morgan fingerprint density at radius 3 is 2.60 bits per heavy atom. The molecule has 1 amide bonds. The molecule has 0 saturated carbocycles. The second-order valence-electron chi connectivity index (χ2n) is 6.64. The highest BCUT2D eigenvalue weighted by Crippen LogP contribution is 2.30. The minimum absolute atomic E-state index is 0.0984. The van der Waals surface area contributed by atoms with Gasteiger partial charge in [-0.25, -0.2) is 4.79 Å². The van der Waals surface area contributed by atoms with E-state index in [1.54, 1.807) is 54.9 Å². The Balaban J connectivity index is 1.97. The Labute approximate surface area is 175 Å². The molecule has 0 spiro atoms. The minimum atomic E-state index is -0.510. The molecule has 0 aliphatic carbocycles. The molecule has 1 heterocycles. The molecular weight excluding hydrogens is 378 g/mol. The summed E-state index contributed by atoms with van der Waals surface area (Å²) in [6.07, 6.45) is 8.35. The molecule has 0 saturated heterocycles. The van der Waals surface area contributed by atoms with Gasteiger partial charge in [0.15, 0.2) is 6.61 Å². The molecule has 0 aliphatic rings. The molecule has 1 aromatic heterocycles. The van der Waals surface area contributed by atoms with E-state index in [9.17, 15) is 9.59 Å². The molecule has 0 aliphatic heterocycles. The van der Waals surface area contributed by atoms with Gasteiger partial charge in [0.1, 0.15) is 0 Å². The molecule has 150 valence electrons. The molecule has 1 unspecified atom stereocenters. The second kappa shape index (κ2) is 9.50. The Bertz CT molecular complexity index is 1100. The van der Waals surface area contributed by atoms with E-state index in [-0.39, 0.29) is 18.6 Å². The van der Waals surface area contributed by atoms with Gasteiger partial charge in [0.2, 0.25) is 0 Å². The average molecular weight is 399 g/mol. The number of carbonyl (C=O) groups excluding carboxylic acids is 2. The van der Waals surface area contributed by atoms with Crippen molar-refractivity contribution in [3.8, 4) is 23.5 Å². The first kappa shape index (κ1) is 20.8. The van der Waals surface area contributed by atoms with E-state index in [2.05, 4.69) is 16.2 Å². The molecule has 0 fully saturated rings. The van der Waals surface area contributed by atoms with E-state index < -0.39 is 5.97 Å². The number of terminal acetylenes is 1. The molecule has 3 N–H and O–H groups in total. The summed E-state index contributed by atoms with van der Waals surface area (Å²) in [4.78, 5) is 28.8. The molecule has 3 rings (SSSR count). The second-order valence-corrected chi connectivity index (χ2v) is 6.64. The number of anilines is 1. The fourth-order valence-corrected chi connectivity index (χ4v) is 2.99. The highest BCUT2D eigenvalue weighted by atomic mass is 16.5. The number of nitrogens with two attached hydrogens (primary N) is 1. The van der Waals surface area contributed by atoms with E-state index in [1.165, 1.54) is 0 Å². The summed E-state index contributed by atoms with van der Waals surface area (Å²) < 4.78 is 5.01. The standard InChI is InChI=1S/C24H21N3O3/c1-3-13-30-24(29)19-6-4-5-17(14-19)22-15-18(7-8-21(22)16(2)25)23(28)27-20-9-11-26-12-10-20/h1,4-12,14-16H,13,25H2,2H3,(H,26,27,28). The molecule has 0 bridgehead atoms. The van der Waals surface area contributed by atoms with Crippen LogP contribution in [0.2, 0.25) is 0 Å². The maximum absolute atomic E-state index is 12.7. The third-order valence-corrected chi connectivity index (χ3v) is 4.44. The normalized spacial score (nSPS) is 11.2. The zero-order valence-corrected chi connectivity index (χ0v) is 16.5. The Morgan fingerprint density at radius 2 is 1.90 bits per heavy atom. The smallest absolute Gasteiger partial charge is 0.339 e. The van der Waals surface area contributed by atoms with Gasteiger partial charge in [-0.2, -0.15) is 0 Å². The van der Waals surface area contributed by atoms with E-state index >= 15 is 0 Å². The number of amides is 1. The molecule has 0 radical (unpaired) electrons. The van der Waals surface area contributed by atoms with Crippen LogP contribution in [0, 0.1) is 12.3 Å². The van der Waals surface area contributed by atoms with Crippen molar-refractivity contribution in [2.45, 2.75) is 13.0 Å². The van der Waals surface area contributed by atoms with Gasteiger partial charge in [-0.15, -0.1) is 6.42 Å². The number of aromatic nitrogens is 1. The molecular formula is C24H21N3O3. The quantitative estimate of drug-likeness (QED) is 0.486. The number of hydrogen-bond acceptors (Lipinski definition) is 5. The summed E-state index contributed by atoms with van der Waals surface area (Å²) in [6.45, 7) is 1.76. The van der Waals surface area contributed by atoms with E-state index in [0.717, 1.165) is 16.7 Å². The van der Waals surface area contributed by atoms with Crippen molar-refractivity contribution in [1.82, 2.24) is 4.98 Å². The summed E-state index contributed by atoms with van der Waals surface area (Å²) in [6, 6.07) is 15.4. The number of carbonyl (C=O) groups is 2. The number of ether oxygens (including phenoxy) is 1. The van der Waals surface area contributed by atoms with Gasteiger partial charge >= 0.3 is 5.97 Å². The summed E-state index contributed by atoms with van der Waals surface area (Å²) in [7, 11) is 0. The van der Waals surface area contributed by atoms with Crippen LogP contribution in [0.25, 0.3) is 11.1 Å². The predicted octanol–water partition coefficient (Wildman–Crippen LogP) is 3.81. The number of pyridine rings is 1. The first-order valence-electron chi connectivity index (χ1n) is 9.31. The SMILES string of the molecule is C#CCOC(=O)c1cccc(-c2cc(C(=O)Nc3ccncc3)ccc2C(C)N)c1. The van der Waals surface area contributed by atoms with Gasteiger partial charge in [-0.3, -0.25) is 9.78 Å². The summed E-state index contributed by atoms with van der Waals surface area (Å²) in [5, 5.41) is 2.84.